The molecule has 1 aromatic carbocycles. The Morgan fingerprint density at radius 2 is 1.95 bits per heavy atom. The normalized spacial score (nSPS) is 22.7. The number of nitrogens with zero attached hydrogens (tertiary/aromatic N) is 1. The first-order valence-electron chi connectivity index (χ1n) is 7.21. The highest BCUT2D eigenvalue weighted by Gasteiger charge is 2.34. The molecule has 3 rings (SSSR count). The first-order chi connectivity index (χ1) is 10.1. The maximum absolute atomic E-state index is 12.2. The summed E-state index contributed by atoms with van der Waals surface area (Å²) in [4.78, 5) is 15.1. The molecule has 0 aromatic heterocycles. The molecule has 1 saturated heterocycles. The smallest absolute Gasteiger partial charge is 0.288 e. The molecule has 21 heavy (non-hydrogen) atoms. The molecule has 1 aliphatic heterocycles. The lowest BCUT2D eigenvalue weighted by molar-refractivity contribution is 0.0937. The van der Waals surface area contributed by atoms with Crippen LogP contribution in [0.5, 0.6) is 0 Å². The van der Waals surface area contributed by atoms with Gasteiger partial charge in [-0.05, 0) is 43.5 Å². The summed E-state index contributed by atoms with van der Waals surface area (Å²) in [6, 6.07) is 7.28. The van der Waals surface area contributed by atoms with Crippen molar-refractivity contribution in [3.63, 3.8) is 0 Å². The van der Waals surface area contributed by atoms with E-state index in [0.29, 0.717) is 22.2 Å². The summed E-state index contributed by atoms with van der Waals surface area (Å²) in [5.41, 5.74) is 0.526. The Hall–Kier alpha value is -1.14. The van der Waals surface area contributed by atoms with Gasteiger partial charge in [0, 0.05) is 35.6 Å². The zero-order valence-corrected chi connectivity index (χ0v) is 12.4. The number of carbonyl (C=O) groups is 1. The van der Waals surface area contributed by atoms with Crippen LogP contribution in [0, 0.1) is 0 Å². The predicted molar refractivity (Wildman–Crippen MR) is 78.8 cm³/mol. The number of carbonyl (C=O) groups excluding carboxylic acids is 1. The Bertz CT molecular complexity index is 505. The van der Waals surface area contributed by atoms with E-state index in [1.165, 1.54) is 12.8 Å². The van der Waals surface area contributed by atoms with Crippen LogP contribution in [-0.4, -0.2) is 41.7 Å². The lowest BCUT2D eigenvalue weighted by Gasteiger charge is -2.15. The van der Waals surface area contributed by atoms with Gasteiger partial charge in [-0.15, -0.1) is 0 Å². The van der Waals surface area contributed by atoms with Gasteiger partial charge in [0.25, 0.3) is 11.7 Å². The SMILES string of the molecule is O=C(N[C@@H]1CCN(C2CC2)C1)c1ccc(SC(F)F)cc1. The molecule has 114 valence electrons. The number of amides is 1. The summed E-state index contributed by atoms with van der Waals surface area (Å²) in [5, 5.41) is 3.03. The van der Waals surface area contributed by atoms with Gasteiger partial charge in [-0.3, -0.25) is 9.69 Å². The monoisotopic (exact) mass is 312 g/mol. The Labute approximate surface area is 127 Å². The zero-order chi connectivity index (χ0) is 14.8. The van der Waals surface area contributed by atoms with Gasteiger partial charge in [0.15, 0.2) is 0 Å². The Kier molecular flexibility index (Phi) is 4.45. The second-order valence-electron chi connectivity index (χ2n) is 5.59. The number of nitrogens with one attached hydrogen (secondary N) is 1. The summed E-state index contributed by atoms with van der Waals surface area (Å²) in [7, 11) is 0. The number of hydrogen-bond donors (Lipinski definition) is 1. The van der Waals surface area contributed by atoms with E-state index in [2.05, 4.69) is 10.2 Å². The summed E-state index contributed by atoms with van der Waals surface area (Å²) in [5.74, 6) is -2.55. The van der Waals surface area contributed by atoms with Crippen LogP contribution in [-0.2, 0) is 0 Å². The molecule has 3 nitrogen and oxygen atoms in total. The molecule has 6 heteroatoms. The van der Waals surface area contributed by atoms with Crippen molar-refractivity contribution in [2.24, 2.45) is 0 Å². The van der Waals surface area contributed by atoms with Crippen LogP contribution in [0.25, 0.3) is 0 Å². The molecule has 1 aliphatic carbocycles. The van der Waals surface area contributed by atoms with Gasteiger partial charge in [0.1, 0.15) is 0 Å². The molecule has 1 heterocycles. The molecule has 1 N–H and O–H groups in total. The fourth-order valence-electron chi connectivity index (χ4n) is 2.73. The van der Waals surface area contributed by atoms with E-state index in [-0.39, 0.29) is 11.9 Å². The van der Waals surface area contributed by atoms with Crippen LogP contribution in [0.15, 0.2) is 29.2 Å². The lowest BCUT2D eigenvalue weighted by Crippen LogP contribution is -2.37. The van der Waals surface area contributed by atoms with Crippen molar-refractivity contribution in [3.05, 3.63) is 29.8 Å². The van der Waals surface area contributed by atoms with E-state index in [1.54, 1.807) is 24.3 Å². The molecule has 1 saturated carbocycles. The van der Waals surface area contributed by atoms with Gasteiger partial charge >= 0.3 is 0 Å². The third kappa shape index (κ3) is 3.95. The van der Waals surface area contributed by atoms with Crippen LogP contribution >= 0.6 is 11.8 Å². The first kappa shape index (κ1) is 14.8. The number of likely N-dealkylation sites (tertiary alicyclic amines) is 1. The summed E-state index contributed by atoms with van der Waals surface area (Å²) in [6.45, 7) is 1.98. The van der Waals surface area contributed by atoms with Gasteiger partial charge in [0.05, 0.1) is 0 Å². The molecule has 1 aromatic rings. The van der Waals surface area contributed by atoms with Crippen LogP contribution in [0.4, 0.5) is 8.78 Å². The number of benzene rings is 1. The van der Waals surface area contributed by atoms with Gasteiger partial charge in [-0.25, -0.2) is 0 Å². The Balaban J connectivity index is 1.53. The molecular weight excluding hydrogens is 294 g/mol. The van der Waals surface area contributed by atoms with Crippen molar-refractivity contribution in [3.8, 4) is 0 Å². The van der Waals surface area contributed by atoms with E-state index < -0.39 is 5.76 Å². The van der Waals surface area contributed by atoms with Crippen molar-refractivity contribution in [2.45, 2.75) is 42.0 Å². The van der Waals surface area contributed by atoms with Crippen molar-refractivity contribution in [1.29, 1.82) is 0 Å². The largest absolute Gasteiger partial charge is 0.348 e. The van der Waals surface area contributed by atoms with Crippen LogP contribution in [0.1, 0.15) is 29.6 Å². The second-order valence-corrected chi connectivity index (χ2v) is 6.65. The van der Waals surface area contributed by atoms with E-state index in [0.717, 1.165) is 25.6 Å². The van der Waals surface area contributed by atoms with E-state index in [4.69, 9.17) is 0 Å². The first-order valence-corrected chi connectivity index (χ1v) is 8.09. The number of hydrogen-bond acceptors (Lipinski definition) is 3. The molecule has 2 aliphatic rings. The van der Waals surface area contributed by atoms with Crippen LogP contribution in [0.3, 0.4) is 0 Å². The van der Waals surface area contributed by atoms with Crippen LogP contribution in [0.2, 0.25) is 0 Å². The zero-order valence-electron chi connectivity index (χ0n) is 11.6. The number of alkyl halides is 2. The average molecular weight is 312 g/mol. The van der Waals surface area contributed by atoms with Gasteiger partial charge in [-0.1, -0.05) is 11.8 Å². The lowest BCUT2D eigenvalue weighted by atomic mass is 10.2. The van der Waals surface area contributed by atoms with Gasteiger partial charge < -0.3 is 5.32 Å². The number of rotatable bonds is 5. The third-order valence-electron chi connectivity index (χ3n) is 3.96. The topological polar surface area (TPSA) is 32.3 Å². The minimum Gasteiger partial charge on any atom is -0.348 e. The van der Waals surface area contributed by atoms with E-state index in [1.807, 2.05) is 0 Å². The highest BCUT2D eigenvalue weighted by Crippen LogP contribution is 2.30. The molecule has 1 amide bonds. The Morgan fingerprint density at radius 1 is 1.24 bits per heavy atom. The minimum absolute atomic E-state index is 0.119. The molecule has 0 spiro atoms. The molecular formula is C15H18F2N2OS. The van der Waals surface area contributed by atoms with Crippen molar-refractivity contribution < 1.29 is 13.6 Å². The number of halogens is 2. The second kappa shape index (κ2) is 6.32. The quantitative estimate of drug-likeness (QED) is 0.849. The number of thioether (sulfide) groups is 1. The highest BCUT2D eigenvalue weighted by atomic mass is 32.2. The average Bonchev–Trinajstić information content (AvgIpc) is 3.20. The van der Waals surface area contributed by atoms with Crippen LogP contribution < -0.4 is 5.32 Å². The molecule has 2 fully saturated rings. The van der Waals surface area contributed by atoms with E-state index >= 15 is 0 Å². The maximum Gasteiger partial charge on any atom is 0.288 e. The van der Waals surface area contributed by atoms with E-state index in [9.17, 15) is 13.6 Å². The summed E-state index contributed by atoms with van der Waals surface area (Å²) >= 11 is 0.490. The maximum atomic E-state index is 12.2. The fourth-order valence-corrected chi connectivity index (χ4v) is 3.23. The standard InChI is InChI=1S/C15H18F2N2OS/c16-15(17)21-13-5-1-10(2-6-13)14(20)18-11-7-8-19(9-11)12-3-4-12/h1-2,5-6,11-12,15H,3-4,7-9H2,(H,18,20)/t11-/m1/s1. The van der Waals surface area contributed by atoms with Gasteiger partial charge in [0.2, 0.25) is 0 Å². The molecule has 1 atom stereocenters. The Morgan fingerprint density at radius 3 is 2.57 bits per heavy atom. The van der Waals surface area contributed by atoms with Crippen molar-refractivity contribution >= 4 is 17.7 Å². The molecule has 0 radical (unpaired) electrons. The summed E-state index contributed by atoms with van der Waals surface area (Å²) in [6.07, 6.45) is 3.55. The van der Waals surface area contributed by atoms with Gasteiger partial charge in [-0.2, -0.15) is 8.78 Å². The summed E-state index contributed by atoms with van der Waals surface area (Å²) < 4.78 is 24.5. The third-order valence-corrected chi connectivity index (χ3v) is 4.68. The predicted octanol–water partition coefficient (Wildman–Crippen LogP) is 2.97. The minimum atomic E-state index is -2.43. The fraction of sp³-hybridized carbons (Fsp3) is 0.533. The van der Waals surface area contributed by atoms with Crippen molar-refractivity contribution in [1.82, 2.24) is 10.2 Å². The molecule has 0 unspecified atom stereocenters. The highest BCUT2D eigenvalue weighted by molar-refractivity contribution is 7.99. The van der Waals surface area contributed by atoms with Crippen molar-refractivity contribution in [2.75, 3.05) is 13.1 Å². The molecule has 0 bridgehead atoms.